The zero-order valence-electron chi connectivity index (χ0n) is 24.4. The van der Waals surface area contributed by atoms with Crippen molar-refractivity contribution in [2.75, 3.05) is 12.4 Å². The predicted octanol–water partition coefficient (Wildman–Crippen LogP) is -2.08. The van der Waals surface area contributed by atoms with Crippen LogP contribution >= 0.6 is 0 Å². The van der Waals surface area contributed by atoms with Crippen molar-refractivity contribution in [2.24, 2.45) is 0 Å². The molecular formula is C24H34O19S. The molecule has 0 saturated carbocycles. The van der Waals surface area contributed by atoms with Crippen LogP contribution in [0, 0.1) is 0 Å². The zero-order valence-corrected chi connectivity index (χ0v) is 25.2. The molecule has 19 nitrogen and oxygen atoms in total. The van der Waals surface area contributed by atoms with Gasteiger partial charge in [-0.1, -0.05) is 0 Å². The molecule has 2 fully saturated rings. The summed E-state index contributed by atoms with van der Waals surface area (Å²) in [5.41, 5.74) is 0. The van der Waals surface area contributed by atoms with Crippen molar-refractivity contribution in [3.8, 4) is 0 Å². The first kappa shape index (κ1) is 36.8. The summed E-state index contributed by atoms with van der Waals surface area (Å²) in [5, 5.41) is 10.5. The topological polar surface area (TPSA) is 260 Å². The van der Waals surface area contributed by atoms with Crippen molar-refractivity contribution in [1.82, 2.24) is 0 Å². The molecule has 2 aliphatic rings. The fraction of sp³-hybridized carbons (Fsp3) is 0.750. The van der Waals surface area contributed by atoms with Gasteiger partial charge in [0.15, 0.2) is 43.1 Å². The van der Waals surface area contributed by atoms with E-state index in [4.69, 9.17) is 42.6 Å². The van der Waals surface area contributed by atoms with Crippen molar-refractivity contribution in [1.29, 1.82) is 0 Å². The number of aliphatic hydroxyl groups excluding tert-OH is 1. The molecule has 0 aromatic rings. The SMILES string of the molecule is CC(=O)OC[C@H]1O[C@@H](O[C@H]2[C@H](OC(C)=O)[C@@H](OC(C)=O)[C@H](O)O[C@@H]2CS(=O)(=O)O)[C@H](OC(C)=O)[C@@H](OC(C)=O)[C@@H]1OC(C)=O. The Morgan fingerprint density at radius 3 is 1.48 bits per heavy atom. The molecule has 0 spiro atoms. The summed E-state index contributed by atoms with van der Waals surface area (Å²) in [5.74, 6) is -6.96. The number of rotatable bonds is 11. The minimum atomic E-state index is -4.90. The fourth-order valence-electron chi connectivity index (χ4n) is 4.50. The van der Waals surface area contributed by atoms with Crippen LogP contribution in [0.3, 0.4) is 0 Å². The summed E-state index contributed by atoms with van der Waals surface area (Å²) in [6.45, 7) is 5.20. The van der Waals surface area contributed by atoms with E-state index in [9.17, 15) is 46.8 Å². The van der Waals surface area contributed by atoms with Gasteiger partial charge < -0.3 is 47.7 Å². The van der Waals surface area contributed by atoms with Crippen molar-refractivity contribution < 1.29 is 89.5 Å². The maximum atomic E-state index is 12.1. The Hall–Kier alpha value is -3.43. The molecule has 20 heteroatoms. The third-order valence-corrected chi connectivity index (χ3v) is 6.58. The van der Waals surface area contributed by atoms with E-state index < -0.39 is 120 Å². The number of aliphatic hydroxyl groups is 1. The van der Waals surface area contributed by atoms with Gasteiger partial charge in [0.05, 0.1) is 0 Å². The van der Waals surface area contributed by atoms with Crippen molar-refractivity contribution in [3.05, 3.63) is 0 Å². The lowest BCUT2D eigenvalue weighted by molar-refractivity contribution is -0.353. The van der Waals surface area contributed by atoms with Crippen LogP contribution in [0.1, 0.15) is 41.5 Å². The van der Waals surface area contributed by atoms with E-state index in [1.54, 1.807) is 0 Å². The number of carbonyl (C=O) groups is 6. The molecule has 2 aliphatic heterocycles. The molecule has 250 valence electrons. The Labute approximate surface area is 251 Å². The molecule has 2 rings (SSSR count). The van der Waals surface area contributed by atoms with Crippen LogP contribution in [-0.2, 0) is 81.5 Å². The Bertz CT molecular complexity index is 1200. The lowest BCUT2D eigenvalue weighted by Gasteiger charge is -2.48. The molecule has 2 heterocycles. The Morgan fingerprint density at radius 1 is 0.591 bits per heavy atom. The largest absolute Gasteiger partial charge is 0.463 e. The summed E-state index contributed by atoms with van der Waals surface area (Å²) in [4.78, 5) is 71.6. The average Bonchev–Trinajstić information content (AvgIpc) is 2.83. The maximum Gasteiger partial charge on any atom is 0.303 e. The van der Waals surface area contributed by atoms with Crippen molar-refractivity contribution in [3.63, 3.8) is 0 Å². The van der Waals surface area contributed by atoms with Gasteiger partial charge in [-0.3, -0.25) is 33.3 Å². The maximum absolute atomic E-state index is 12.1. The van der Waals surface area contributed by atoms with E-state index in [2.05, 4.69) is 0 Å². The monoisotopic (exact) mass is 658 g/mol. The van der Waals surface area contributed by atoms with Crippen LogP contribution in [0.5, 0.6) is 0 Å². The van der Waals surface area contributed by atoms with Gasteiger partial charge >= 0.3 is 35.8 Å². The lowest BCUT2D eigenvalue weighted by atomic mass is 9.96. The number of carbonyl (C=O) groups excluding carboxylic acids is 6. The number of hydrogen-bond donors (Lipinski definition) is 2. The normalized spacial score (nSPS) is 32.0. The highest BCUT2D eigenvalue weighted by Gasteiger charge is 2.57. The van der Waals surface area contributed by atoms with Crippen LogP contribution in [0.2, 0.25) is 0 Å². The molecular weight excluding hydrogens is 624 g/mol. The van der Waals surface area contributed by atoms with Crippen LogP contribution in [0.15, 0.2) is 0 Å². The summed E-state index contributed by atoms with van der Waals surface area (Å²) in [7, 11) is -4.90. The van der Waals surface area contributed by atoms with Gasteiger partial charge in [0.2, 0.25) is 0 Å². The fourth-order valence-corrected chi connectivity index (χ4v) is 5.18. The van der Waals surface area contributed by atoms with Crippen LogP contribution in [0.4, 0.5) is 0 Å². The van der Waals surface area contributed by atoms with E-state index in [0.29, 0.717) is 0 Å². The average molecular weight is 659 g/mol. The second kappa shape index (κ2) is 15.5. The van der Waals surface area contributed by atoms with Crippen LogP contribution < -0.4 is 0 Å². The first-order chi connectivity index (χ1) is 20.3. The molecule has 0 aromatic carbocycles. The highest BCUT2D eigenvalue weighted by molar-refractivity contribution is 7.85. The summed E-state index contributed by atoms with van der Waals surface area (Å²) >= 11 is 0. The van der Waals surface area contributed by atoms with Crippen molar-refractivity contribution in [2.45, 2.75) is 103 Å². The van der Waals surface area contributed by atoms with E-state index in [1.165, 1.54) is 0 Å². The quantitative estimate of drug-likeness (QED) is 0.137. The number of ether oxygens (including phenoxy) is 9. The molecule has 2 N–H and O–H groups in total. The molecule has 0 amide bonds. The lowest BCUT2D eigenvalue weighted by Crippen LogP contribution is -2.67. The van der Waals surface area contributed by atoms with Gasteiger partial charge in [-0.15, -0.1) is 0 Å². The number of hydrogen-bond acceptors (Lipinski definition) is 18. The number of esters is 6. The summed E-state index contributed by atoms with van der Waals surface area (Å²) in [6, 6.07) is 0. The molecule has 0 unspecified atom stereocenters. The highest BCUT2D eigenvalue weighted by Crippen LogP contribution is 2.35. The Kier molecular flexibility index (Phi) is 13.0. The molecule has 0 aromatic heterocycles. The molecule has 10 atom stereocenters. The molecule has 0 bridgehead atoms. The Balaban J connectivity index is 2.70. The summed E-state index contributed by atoms with van der Waals surface area (Å²) in [6.07, 6.45) is -18.1. The molecule has 2 saturated heterocycles. The smallest absolute Gasteiger partial charge is 0.303 e. The Morgan fingerprint density at radius 2 is 1.02 bits per heavy atom. The van der Waals surface area contributed by atoms with Gasteiger partial charge in [0, 0.05) is 41.5 Å². The third-order valence-electron chi connectivity index (χ3n) is 5.83. The second-order valence-corrected chi connectivity index (χ2v) is 11.1. The summed E-state index contributed by atoms with van der Waals surface area (Å²) < 4.78 is 81.4. The highest BCUT2D eigenvalue weighted by atomic mass is 32.2. The van der Waals surface area contributed by atoms with E-state index in [1.807, 2.05) is 0 Å². The van der Waals surface area contributed by atoms with Crippen LogP contribution in [0.25, 0.3) is 0 Å². The predicted molar refractivity (Wildman–Crippen MR) is 135 cm³/mol. The minimum absolute atomic E-state index is 0.643. The van der Waals surface area contributed by atoms with Gasteiger partial charge in [-0.2, -0.15) is 8.42 Å². The van der Waals surface area contributed by atoms with Gasteiger partial charge in [-0.05, 0) is 0 Å². The van der Waals surface area contributed by atoms with Crippen molar-refractivity contribution >= 4 is 45.9 Å². The molecule has 44 heavy (non-hydrogen) atoms. The van der Waals surface area contributed by atoms with Gasteiger partial charge in [0.25, 0.3) is 10.1 Å². The van der Waals surface area contributed by atoms with E-state index in [-0.39, 0.29) is 0 Å². The molecule has 0 radical (unpaired) electrons. The first-order valence-electron chi connectivity index (χ1n) is 12.9. The van der Waals surface area contributed by atoms with Gasteiger partial charge in [0.1, 0.15) is 30.7 Å². The molecule has 0 aliphatic carbocycles. The standard InChI is InChI=1S/C24H34O19S/c1-9(25)35-7-15-17(36-10(2)26)20(38-12(4)28)22(40-14(6)30)24(42-15)43-18-16(8-44(32,33)34)41-23(31)21(39-13(5)29)19(18)37-11(3)27/h15-24,31H,7-8H2,1-6H3,(H,32,33,34)/t15-,16-,17-,18-,19+,20+,21-,22-,23-,24+/m1/s1. The van der Waals surface area contributed by atoms with E-state index >= 15 is 0 Å². The minimum Gasteiger partial charge on any atom is -0.463 e. The van der Waals surface area contributed by atoms with E-state index in [0.717, 1.165) is 41.5 Å². The second-order valence-electron chi connectivity index (χ2n) is 9.63. The first-order valence-corrected chi connectivity index (χ1v) is 14.5. The third kappa shape index (κ3) is 10.9. The zero-order chi connectivity index (χ0) is 33.5. The van der Waals surface area contributed by atoms with Crippen LogP contribution in [-0.4, -0.2) is 128 Å². The van der Waals surface area contributed by atoms with Gasteiger partial charge in [-0.25, -0.2) is 0 Å².